The second-order valence-electron chi connectivity index (χ2n) is 4.41. The molecule has 16 heavy (non-hydrogen) atoms. The molecule has 2 rings (SSSR count). The first kappa shape index (κ1) is 11.9. The van der Waals surface area contributed by atoms with Crippen molar-refractivity contribution in [3.8, 4) is 0 Å². The molecule has 1 aromatic heterocycles. The van der Waals surface area contributed by atoms with Crippen molar-refractivity contribution in [3.63, 3.8) is 0 Å². The Morgan fingerprint density at radius 2 is 2.12 bits per heavy atom. The lowest BCUT2D eigenvalue weighted by molar-refractivity contribution is 0.690. The third kappa shape index (κ3) is 4.11. The Morgan fingerprint density at radius 1 is 1.31 bits per heavy atom. The molecule has 2 heteroatoms. The predicted molar refractivity (Wildman–Crippen MR) is 72.2 cm³/mol. The van der Waals surface area contributed by atoms with Gasteiger partial charge in [0.25, 0.3) is 0 Å². The van der Waals surface area contributed by atoms with E-state index in [1.807, 2.05) is 11.3 Å². The second-order valence-corrected chi connectivity index (χ2v) is 5.67. The van der Waals surface area contributed by atoms with E-state index < -0.39 is 0 Å². The van der Waals surface area contributed by atoms with Crippen molar-refractivity contribution >= 4 is 11.3 Å². The Hall–Kier alpha value is -0.600. The molecule has 1 aliphatic rings. The van der Waals surface area contributed by atoms with E-state index in [4.69, 9.17) is 0 Å². The van der Waals surface area contributed by atoms with Crippen LogP contribution in [0.15, 0.2) is 24.3 Å². The highest BCUT2D eigenvalue weighted by Crippen LogP contribution is 2.18. The average Bonchev–Trinajstić information content (AvgIpc) is 3.01. The summed E-state index contributed by atoms with van der Waals surface area (Å²) < 4.78 is 0. The molecule has 1 saturated carbocycles. The van der Waals surface area contributed by atoms with Crippen LogP contribution >= 0.6 is 11.3 Å². The fourth-order valence-corrected chi connectivity index (χ4v) is 2.63. The molecule has 0 aliphatic heterocycles. The van der Waals surface area contributed by atoms with Gasteiger partial charge in [-0.15, -0.1) is 11.3 Å². The highest BCUT2D eigenvalue weighted by Gasteiger charge is 2.19. The Bertz CT molecular complexity index is 336. The maximum atomic E-state index is 3.52. The topological polar surface area (TPSA) is 12.0 Å². The molecule has 0 amide bonds. The molecular weight excluding hydrogens is 214 g/mol. The predicted octanol–water partition coefficient (Wildman–Crippen LogP) is 3.55. The highest BCUT2D eigenvalue weighted by molar-refractivity contribution is 7.12. The molecule has 0 spiro atoms. The van der Waals surface area contributed by atoms with E-state index >= 15 is 0 Å². The minimum absolute atomic E-state index is 0.845. The van der Waals surface area contributed by atoms with Crippen molar-refractivity contribution in [3.05, 3.63) is 34.0 Å². The van der Waals surface area contributed by atoms with Gasteiger partial charge < -0.3 is 5.32 Å². The SMILES string of the molecule is CCc1ccc(CC=CCCNC2CC2)s1. The van der Waals surface area contributed by atoms with Crippen LogP contribution < -0.4 is 5.32 Å². The van der Waals surface area contributed by atoms with Gasteiger partial charge in [-0.05, 0) is 50.8 Å². The van der Waals surface area contributed by atoms with Crippen molar-refractivity contribution < 1.29 is 0 Å². The van der Waals surface area contributed by atoms with Crippen LogP contribution in [0.2, 0.25) is 0 Å². The molecule has 0 radical (unpaired) electrons. The molecule has 1 heterocycles. The lowest BCUT2D eigenvalue weighted by Gasteiger charge is -1.97. The summed E-state index contributed by atoms with van der Waals surface area (Å²) in [6.07, 6.45) is 10.8. The van der Waals surface area contributed by atoms with Gasteiger partial charge in [-0.1, -0.05) is 19.1 Å². The highest BCUT2D eigenvalue weighted by atomic mass is 32.1. The van der Waals surface area contributed by atoms with Gasteiger partial charge in [-0.25, -0.2) is 0 Å². The number of rotatable bonds is 7. The first-order valence-corrected chi connectivity index (χ1v) is 7.16. The Labute approximate surface area is 103 Å². The molecule has 1 N–H and O–H groups in total. The number of allylic oxidation sites excluding steroid dienone is 1. The average molecular weight is 235 g/mol. The molecule has 1 fully saturated rings. The van der Waals surface area contributed by atoms with Crippen molar-refractivity contribution in [2.75, 3.05) is 6.54 Å². The number of hydrogen-bond acceptors (Lipinski definition) is 2. The van der Waals surface area contributed by atoms with Crippen LogP contribution in [0.3, 0.4) is 0 Å². The van der Waals surface area contributed by atoms with Crippen LogP contribution in [0, 0.1) is 0 Å². The first-order valence-electron chi connectivity index (χ1n) is 6.34. The van der Waals surface area contributed by atoms with Crippen LogP contribution in [-0.2, 0) is 12.8 Å². The number of nitrogens with one attached hydrogen (secondary N) is 1. The standard InChI is InChI=1S/C14H21NS/c1-2-13-9-10-14(16-13)6-4-3-5-11-15-12-7-8-12/h3-4,9-10,12,15H,2,5-8,11H2,1H3. The van der Waals surface area contributed by atoms with E-state index in [0.29, 0.717) is 0 Å². The largest absolute Gasteiger partial charge is 0.314 e. The molecule has 1 aliphatic carbocycles. The van der Waals surface area contributed by atoms with Crippen LogP contribution in [-0.4, -0.2) is 12.6 Å². The van der Waals surface area contributed by atoms with Gasteiger partial charge in [0, 0.05) is 15.8 Å². The quantitative estimate of drug-likeness (QED) is 0.563. The lowest BCUT2D eigenvalue weighted by Crippen LogP contribution is -2.16. The van der Waals surface area contributed by atoms with Crippen LogP contribution in [0.4, 0.5) is 0 Å². The maximum absolute atomic E-state index is 3.52. The summed E-state index contributed by atoms with van der Waals surface area (Å²) in [7, 11) is 0. The Kier molecular flexibility index (Phi) is 4.61. The van der Waals surface area contributed by atoms with Gasteiger partial charge in [0.2, 0.25) is 0 Å². The van der Waals surface area contributed by atoms with E-state index in [1.165, 1.54) is 35.4 Å². The van der Waals surface area contributed by atoms with E-state index in [2.05, 4.69) is 36.5 Å². The fraction of sp³-hybridized carbons (Fsp3) is 0.571. The molecule has 0 unspecified atom stereocenters. The van der Waals surface area contributed by atoms with E-state index in [9.17, 15) is 0 Å². The monoisotopic (exact) mass is 235 g/mol. The molecule has 0 aromatic carbocycles. The second kappa shape index (κ2) is 6.21. The molecular formula is C14H21NS. The van der Waals surface area contributed by atoms with Gasteiger partial charge in [-0.3, -0.25) is 0 Å². The summed E-state index contributed by atoms with van der Waals surface area (Å²) in [5, 5.41) is 3.52. The summed E-state index contributed by atoms with van der Waals surface area (Å²) >= 11 is 1.94. The lowest BCUT2D eigenvalue weighted by atomic mass is 10.3. The van der Waals surface area contributed by atoms with Gasteiger partial charge in [0.05, 0.1) is 0 Å². The third-order valence-corrected chi connectivity index (χ3v) is 4.12. The first-order chi connectivity index (χ1) is 7.88. The Balaban J connectivity index is 1.59. The summed E-state index contributed by atoms with van der Waals surface area (Å²) in [4.78, 5) is 2.99. The van der Waals surface area contributed by atoms with Crippen LogP contribution in [0.5, 0.6) is 0 Å². The van der Waals surface area contributed by atoms with Crippen LogP contribution in [0.1, 0.15) is 35.9 Å². The van der Waals surface area contributed by atoms with E-state index in [1.54, 1.807) is 0 Å². The summed E-state index contributed by atoms with van der Waals surface area (Å²) in [5.41, 5.74) is 0. The van der Waals surface area contributed by atoms with Crippen molar-refractivity contribution in [2.24, 2.45) is 0 Å². The molecule has 0 atom stereocenters. The minimum atomic E-state index is 0.845. The fourth-order valence-electron chi connectivity index (χ4n) is 1.70. The van der Waals surface area contributed by atoms with Crippen molar-refractivity contribution in [1.82, 2.24) is 5.32 Å². The van der Waals surface area contributed by atoms with Gasteiger partial charge in [0.1, 0.15) is 0 Å². The number of aryl methyl sites for hydroxylation is 1. The van der Waals surface area contributed by atoms with Crippen molar-refractivity contribution in [2.45, 2.75) is 45.1 Å². The zero-order chi connectivity index (χ0) is 11.2. The third-order valence-electron chi connectivity index (χ3n) is 2.87. The Morgan fingerprint density at radius 3 is 2.81 bits per heavy atom. The normalized spacial score (nSPS) is 16.1. The molecule has 1 nitrogen and oxygen atoms in total. The summed E-state index contributed by atoms with van der Waals surface area (Å²) in [6.45, 7) is 3.36. The summed E-state index contributed by atoms with van der Waals surface area (Å²) in [6, 6.07) is 5.36. The van der Waals surface area contributed by atoms with Gasteiger partial charge in [-0.2, -0.15) is 0 Å². The molecule has 0 saturated heterocycles. The smallest absolute Gasteiger partial charge is 0.00858 e. The summed E-state index contributed by atoms with van der Waals surface area (Å²) in [5.74, 6) is 0. The van der Waals surface area contributed by atoms with E-state index in [-0.39, 0.29) is 0 Å². The van der Waals surface area contributed by atoms with Crippen LogP contribution in [0.25, 0.3) is 0 Å². The zero-order valence-corrected chi connectivity index (χ0v) is 10.9. The van der Waals surface area contributed by atoms with Gasteiger partial charge >= 0.3 is 0 Å². The molecule has 1 aromatic rings. The number of hydrogen-bond donors (Lipinski definition) is 1. The molecule has 88 valence electrons. The molecule has 0 bridgehead atoms. The van der Waals surface area contributed by atoms with Gasteiger partial charge in [0.15, 0.2) is 0 Å². The van der Waals surface area contributed by atoms with Crippen molar-refractivity contribution in [1.29, 1.82) is 0 Å². The minimum Gasteiger partial charge on any atom is -0.314 e. The number of thiophene rings is 1. The zero-order valence-electron chi connectivity index (χ0n) is 10.0. The van der Waals surface area contributed by atoms with E-state index in [0.717, 1.165) is 19.0 Å². The maximum Gasteiger partial charge on any atom is 0.00858 e.